The van der Waals surface area contributed by atoms with Gasteiger partial charge in [-0.25, -0.2) is 0 Å². The van der Waals surface area contributed by atoms with Crippen LogP contribution < -0.4 is 4.90 Å². The first-order valence-electron chi connectivity index (χ1n) is 24.0. The number of nitrogens with zero attached hydrogens (tertiary/aromatic N) is 1. The molecule has 1 atom stereocenters. The molecule has 12 aromatic rings. The van der Waals surface area contributed by atoms with Crippen molar-refractivity contribution < 1.29 is 0 Å². The molecule has 1 heteroatoms. The van der Waals surface area contributed by atoms with Crippen LogP contribution in [0, 0.1) is 0 Å². The highest BCUT2D eigenvalue weighted by Crippen LogP contribution is 2.57. The maximum Gasteiger partial charge on any atom is 0.0543 e. The predicted octanol–water partition coefficient (Wildman–Crippen LogP) is 18.6. The largest absolute Gasteiger partial charge is 0.309 e. The third-order valence-corrected chi connectivity index (χ3v) is 14.7. The lowest BCUT2D eigenvalue weighted by molar-refractivity contribution is 0.714. The first-order valence-corrected chi connectivity index (χ1v) is 24.0. The Kier molecular flexibility index (Phi) is 9.70. The maximum absolute atomic E-state index is 2.53. The molecular weight excluding hydrogens is 831 g/mol. The summed E-state index contributed by atoms with van der Waals surface area (Å²) in [6.45, 7) is 2.40. The van der Waals surface area contributed by atoms with E-state index < -0.39 is 0 Å². The summed E-state index contributed by atoms with van der Waals surface area (Å²) >= 11 is 0. The second kappa shape index (κ2) is 16.5. The van der Waals surface area contributed by atoms with Gasteiger partial charge in [0, 0.05) is 22.1 Å². The zero-order valence-electron chi connectivity index (χ0n) is 38.4. The maximum atomic E-state index is 2.53. The molecule has 0 saturated carbocycles. The van der Waals surface area contributed by atoms with Gasteiger partial charge in [-0.05, 0) is 131 Å². The van der Waals surface area contributed by atoms with Gasteiger partial charge in [-0.15, -0.1) is 0 Å². The van der Waals surface area contributed by atoms with Crippen molar-refractivity contribution in [2.24, 2.45) is 0 Å². The second-order valence-corrected chi connectivity index (χ2v) is 18.5. The van der Waals surface area contributed by atoms with E-state index in [1.807, 2.05) is 0 Å². The molecule has 324 valence electrons. The number of rotatable bonds is 8. The Hall–Kier alpha value is -8.78. The van der Waals surface area contributed by atoms with Crippen LogP contribution >= 0.6 is 0 Å². The summed E-state index contributed by atoms with van der Waals surface area (Å²) in [5.74, 6) is 0. The molecule has 12 aromatic carbocycles. The van der Waals surface area contributed by atoms with Gasteiger partial charge in [0.15, 0.2) is 0 Å². The Bertz CT molecular complexity index is 3890. The van der Waals surface area contributed by atoms with Crippen LogP contribution in [0.25, 0.3) is 88.0 Å². The van der Waals surface area contributed by atoms with Gasteiger partial charge in [0.1, 0.15) is 0 Å². The summed E-state index contributed by atoms with van der Waals surface area (Å²) in [4.78, 5) is 2.53. The van der Waals surface area contributed by atoms with Gasteiger partial charge < -0.3 is 4.90 Å². The van der Waals surface area contributed by atoms with Gasteiger partial charge >= 0.3 is 0 Å². The molecule has 0 aromatic heterocycles. The third-order valence-electron chi connectivity index (χ3n) is 14.7. The third kappa shape index (κ3) is 6.54. The molecule has 0 spiro atoms. The van der Waals surface area contributed by atoms with E-state index in [-0.39, 0.29) is 5.41 Å². The number of hydrogen-bond donors (Lipinski definition) is 0. The van der Waals surface area contributed by atoms with Crippen LogP contribution in [0.1, 0.15) is 23.6 Å². The monoisotopic (exact) mass is 877 g/mol. The molecule has 0 amide bonds. The fourth-order valence-electron chi connectivity index (χ4n) is 11.6. The van der Waals surface area contributed by atoms with E-state index in [1.54, 1.807) is 0 Å². The van der Waals surface area contributed by atoms with Crippen LogP contribution in [0.4, 0.5) is 17.1 Å². The summed E-state index contributed by atoms with van der Waals surface area (Å²) in [5.41, 5.74) is 19.1. The minimum atomic E-state index is -0.347. The topological polar surface area (TPSA) is 3.24 Å². The van der Waals surface area contributed by atoms with Crippen LogP contribution in [0.15, 0.2) is 267 Å². The van der Waals surface area contributed by atoms with Crippen molar-refractivity contribution >= 4 is 49.4 Å². The minimum absolute atomic E-state index is 0.347. The first-order chi connectivity index (χ1) is 34.1. The fourth-order valence-corrected chi connectivity index (χ4v) is 11.6. The van der Waals surface area contributed by atoms with E-state index in [1.165, 1.54) is 99.1 Å². The van der Waals surface area contributed by atoms with Crippen LogP contribution in [-0.2, 0) is 5.41 Å². The molecule has 0 saturated heterocycles. The Morgan fingerprint density at radius 2 is 0.797 bits per heavy atom. The van der Waals surface area contributed by atoms with E-state index in [4.69, 9.17) is 0 Å². The van der Waals surface area contributed by atoms with Gasteiger partial charge in [0.2, 0.25) is 0 Å². The molecule has 1 aliphatic rings. The Balaban J connectivity index is 1.07. The van der Waals surface area contributed by atoms with Gasteiger partial charge in [0.25, 0.3) is 0 Å². The average Bonchev–Trinajstić information content (AvgIpc) is 3.70. The molecule has 1 aliphatic carbocycles. The Morgan fingerprint density at radius 3 is 1.52 bits per heavy atom. The smallest absolute Gasteiger partial charge is 0.0543 e. The predicted molar refractivity (Wildman–Crippen MR) is 293 cm³/mol. The Labute approximate surface area is 403 Å². The lowest BCUT2D eigenvalue weighted by Gasteiger charge is -2.31. The number of hydrogen-bond acceptors (Lipinski definition) is 1. The normalized spacial score (nSPS) is 13.9. The van der Waals surface area contributed by atoms with Crippen LogP contribution in [0.2, 0.25) is 0 Å². The first kappa shape index (κ1) is 40.5. The van der Waals surface area contributed by atoms with Crippen molar-refractivity contribution in [1.29, 1.82) is 0 Å². The summed E-state index contributed by atoms with van der Waals surface area (Å²) in [6, 6.07) is 98.4. The molecule has 0 radical (unpaired) electrons. The molecular formula is C68H47N. The van der Waals surface area contributed by atoms with E-state index >= 15 is 0 Å². The quantitative estimate of drug-likeness (QED) is 0.138. The number of fused-ring (bicyclic) bond motifs is 7. The zero-order chi connectivity index (χ0) is 45.9. The molecule has 13 rings (SSSR count). The summed E-state index contributed by atoms with van der Waals surface area (Å²) < 4.78 is 0. The van der Waals surface area contributed by atoms with Crippen molar-refractivity contribution in [1.82, 2.24) is 0 Å². The molecule has 0 heterocycles. The zero-order valence-corrected chi connectivity index (χ0v) is 38.4. The van der Waals surface area contributed by atoms with Crippen molar-refractivity contribution in [2.75, 3.05) is 4.90 Å². The van der Waals surface area contributed by atoms with Gasteiger partial charge in [-0.1, -0.05) is 237 Å². The van der Waals surface area contributed by atoms with Gasteiger partial charge in [-0.2, -0.15) is 0 Å². The molecule has 0 aliphatic heterocycles. The van der Waals surface area contributed by atoms with Gasteiger partial charge in [0.05, 0.1) is 11.4 Å². The Morgan fingerprint density at radius 1 is 0.275 bits per heavy atom. The van der Waals surface area contributed by atoms with E-state index in [9.17, 15) is 0 Å². The van der Waals surface area contributed by atoms with Crippen molar-refractivity contribution in [3.8, 4) is 55.6 Å². The second-order valence-electron chi connectivity index (χ2n) is 18.5. The molecule has 0 N–H and O–H groups in total. The van der Waals surface area contributed by atoms with Gasteiger partial charge in [-0.3, -0.25) is 0 Å². The highest BCUT2D eigenvalue weighted by molar-refractivity contribution is 6.22. The average molecular weight is 878 g/mol. The van der Waals surface area contributed by atoms with Crippen molar-refractivity contribution in [2.45, 2.75) is 12.3 Å². The minimum Gasteiger partial charge on any atom is -0.309 e. The SMILES string of the molecule is CC1(c2ccccc2)c2ccccc2-c2c(N(c3cccc(-c4ccc5c(c4)c(-c4ccccc4)c(-c4ccccc4)c4ccccc45)c3)c3ccc(-c4ccccc4)c4ccccc34)cccc21. The molecule has 1 unspecified atom stereocenters. The highest BCUT2D eigenvalue weighted by Gasteiger charge is 2.42. The van der Waals surface area contributed by atoms with E-state index in [0.29, 0.717) is 0 Å². The molecule has 0 bridgehead atoms. The number of anilines is 3. The van der Waals surface area contributed by atoms with E-state index in [0.717, 1.165) is 22.6 Å². The van der Waals surface area contributed by atoms with Crippen molar-refractivity contribution in [3.63, 3.8) is 0 Å². The van der Waals surface area contributed by atoms with E-state index in [2.05, 4.69) is 279 Å². The number of benzene rings is 12. The lowest BCUT2D eigenvalue weighted by Crippen LogP contribution is -2.22. The molecule has 0 fully saturated rings. The standard InChI is InChI=1S/C68H47N/c1-68(51-29-12-5-13-30-51)61-37-19-18-36-59(61)67-62(68)38-21-39-64(67)69(63-43-42-53(46-22-6-2-7-23-46)54-32-14-16-34-57(54)63)52-31-20-28-49(44-52)50-40-41-56-55-33-15-17-35-58(55)65(47-24-8-3-9-25-47)66(60(56)45-50)48-26-10-4-11-27-48/h2-45H,1H3. The van der Waals surface area contributed by atoms with Crippen LogP contribution in [-0.4, -0.2) is 0 Å². The summed E-state index contributed by atoms with van der Waals surface area (Å²) in [7, 11) is 0. The van der Waals surface area contributed by atoms with Crippen molar-refractivity contribution in [3.05, 3.63) is 284 Å². The molecule has 1 nitrogen and oxygen atoms in total. The lowest BCUT2D eigenvalue weighted by atomic mass is 9.74. The van der Waals surface area contributed by atoms with Crippen LogP contribution in [0.5, 0.6) is 0 Å². The summed E-state index contributed by atoms with van der Waals surface area (Å²) in [5, 5.41) is 7.40. The molecule has 69 heavy (non-hydrogen) atoms. The highest BCUT2D eigenvalue weighted by atomic mass is 15.1. The fraction of sp³-hybridized carbons (Fsp3) is 0.0294. The van der Waals surface area contributed by atoms with Crippen LogP contribution in [0.3, 0.4) is 0 Å². The summed E-state index contributed by atoms with van der Waals surface area (Å²) in [6.07, 6.45) is 0.